The normalized spacial score (nSPS) is 15.4. The lowest BCUT2D eigenvalue weighted by Crippen LogP contribution is -2.21. The van der Waals surface area contributed by atoms with Gasteiger partial charge in [-0.1, -0.05) is 5.92 Å². The molecule has 0 fully saturated rings. The molecule has 0 saturated heterocycles. The summed E-state index contributed by atoms with van der Waals surface area (Å²) in [6.07, 6.45) is 4.54. The Bertz CT molecular complexity index is 367. The third-order valence-corrected chi connectivity index (χ3v) is 1.49. The first kappa shape index (κ1) is 8.94. The van der Waals surface area contributed by atoms with E-state index in [9.17, 15) is 4.79 Å². The fourth-order valence-corrected chi connectivity index (χ4v) is 0.907. The van der Waals surface area contributed by atoms with Gasteiger partial charge in [-0.15, -0.1) is 0 Å². The van der Waals surface area contributed by atoms with E-state index in [1.54, 1.807) is 0 Å². The Hall–Kier alpha value is -2.15. The highest BCUT2D eigenvalue weighted by atomic mass is 16.1. The number of nitrogens with two attached hydrogens (primary N) is 3. The van der Waals surface area contributed by atoms with Crippen LogP contribution in [0.1, 0.15) is 0 Å². The molecule has 0 bridgehead atoms. The maximum Gasteiger partial charge on any atom is 0.224 e. The minimum absolute atomic E-state index is 0.116. The molecule has 0 atom stereocenters. The molecule has 1 aliphatic rings. The van der Waals surface area contributed by atoms with Gasteiger partial charge in [-0.2, -0.15) is 0 Å². The lowest BCUT2D eigenvalue weighted by atomic mass is 10.0. The molecule has 66 valence electrons. The Kier molecular flexibility index (Phi) is 2.41. The average molecular weight is 175 g/mol. The summed E-state index contributed by atoms with van der Waals surface area (Å²) in [5.74, 6) is 2.18. The number of hydrogen-bond donors (Lipinski definition) is 3. The highest BCUT2D eigenvalue weighted by Crippen LogP contribution is 2.11. The van der Waals surface area contributed by atoms with Gasteiger partial charge in [0, 0.05) is 6.04 Å². The van der Waals surface area contributed by atoms with E-state index in [0.29, 0.717) is 5.57 Å². The molecule has 0 heterocycles. The number of ketones is 1. The van der Waals surface area contributed by atoms with Crippen LogP contribution in [0.2, 0.25) is 0 Å². The van der Waals surface area contributed by atoms with Gasteiger partial charge in [-0.05, 0) is 23.8 Å². The standard InChI is InChI=1S/C9H9N3O/c10-3-1-2-6-4-7(11)9(13)8(12)5-6/h2,4-5H,10-12H2. The van der Waals surface area contributed by atoms with Gasteiger partial charge in [0.2, 0.25) is 5.78 Å². The molecule has 0 aromatic rings. The summed E-state index contributed by atoms with van der Waals surface area (Å²) in [5.41, 5.74) is 16.7. The molecule has 1 rings (SSSR count). The fourth-order valence-electron chi connectivity index (χ4n) is 0.907. The van der Waals surface area contributed by atoms with Gasteiger partial charge in [0.05, 0.1) is 11.4 Å². The van der Waals surface area contributed by atoms with Crippen LogP contribution in [0.4, 0.5) is 0 Å². The molecule has 0 aromatic heterocycles. The third-order valence-electron chi connectivity index (χ3n) is 1.49. The van der Waals surface area contributed by atoms with Crippen LogP contribution in [0.25, 0.3) is 0 Å². The number of hydrogen-bond acceptors (Lipinski definition) is 4. The van der Waals surface area contributed by atoms with E-state index in [0.717, 1.165) is 0 Å². The van der Waals surface area contributed by atoms with Crippen molar-refractivity contribution in [1.82, 2.24) is 0 Å². The Labute approximate surface area is 75.8 Å². The van der Waals surface area contributed by atoms with Crippen LogP contribution in [-0.4, -0.2) is 5.78 Å². The molecule has 0 amide bonds. The first-order valence-corrected chi connectivity index (χ1v) is 3.55. The van der Waals surface area contributed by atoms with Gasteiger partial charge in [0.15, 0.2) is 0 Å². The third kappa shape index (κ3) is 1.91. The second kappa shape index (κ2) is 3.50. The molecular formula is C9H9N3O. The smallest absolute Gasteiger partial charge is 0.224 e. The van der Waals surface area contributed by atoms with Gasteiger partial charge >= 0.3 is 0 Å². The van der Waals surface area contributed by atoms with Crippen molar-refractivity contribution in [2.75, 3.05) is 0 Å². The number of rotatable bonds is 0. The number of Topliss-reactive ketones (excluding diaryl/α,β-unsaturated/α-hetero) is 1. The first-order chi connectivity index (χ1) is 6.15. The zero-order valence-electron chi connectivity index (χ0n) is 6.87. The number of carbonyl (C=O) groups is 1. The van der Waals surface area contributed by atoms with Crippen molar-refractivity contribution in [2.24, 2.45) is 17.2 Å². The summed E-state index contributed by atoms with van der Waals surface area (Å²) in [7, 11) is 0. The van der Waals surface area contributed by atoms with Gasteiger partial charge in [-0.3, -0.25) is 4.79 Å². The first-order valence-electron chi connectivity index (χ1n) is 3.55. The van der Waals surface area contributed by atoms with E-state index in [2.05, 4.69) is 12.0 Å². The second-order valence-electron chi connectivity index (χ2n) is 2.46. The predicted molar refractivity (Wildman–Crippen MR) is 49.6 cm³/mol. The molecular weight excluding hydrogens is 166 g/mol. The van der Waals surface area contributed by atoms with Crippen LogP contribution in [-0.2, 0) is 4.79 Å². The maximum absolute atomic E-state index is 11.1. The Morgan fingerprint density at radius 1 is 1.23 bits per heavy atom. The van der Waals surface area contributed by atoms with E-state index in [1.165, 1.54) is 18.2 Å². The van der Waals surface area contributed by atoms with Crippen LogP contribution < -0.4 is 17.2 Å². The molecule has 13 heavy (non-hydrogen) atoms. The predicted octanol–water partition coefficient (Wildman–Crippen LogP) is -0.900. The van der Waals surface area contributed by atoms with Gasteiger partial charge in [0.25, 0.3) is 0 Å². The lowest BCUT2D eigenvalue weighted by Gasteiger charge is -2.07. The van der Waals surface area contributed by atoms with Crippen molar-refractivity contribution in [2.45, 2.75) is 0 Å². The van der Waals surface area contributed by atoms with Crippen molar-refractivity contribution in [1.29, 1.82) is 0 Å². The topological polar surface area (TPSA) is 95.1 Å². The van der Waals surface area contributed by atoms with E-state index in [1.807, 2.05) is 0 Å². The van der Waals surface area contributed by atoms with Crippen LogP contribution in [0.15, 0.2) is 35.2 Å². The minimum Gasteiger partial charge on any atom is -0.395 e. The Morgan fingerprint density at radius 2 is 1.77 bits per heavy atom. The van der Waals surface area contributed by atoms with E-state index in [4.69, 9.17) is 17.2 Å². The molecule has 1 aliphatic carbocycles. The van der Waals surface area contributed by atoms with Crippen molar-refractivity contribution in [3.63, 3.8) is 0 Å². The summed E-state index contributed by atoms with van der Waals surface area (Å²) >= 11 is 0. The molecule has 4 heteroatoms. The summed E-state index contributed by atoms with van der Waals surface area (Å²) in [6.45, 7) is 0. The zero-order chi connectivity index (χ0) is 9.84. The molecule has 4 nitrogen and oxygen atoms in total. The van der Waals surface area contributed by atoms with Crippen LogP contribution >= 0.6 is 0 Å². The summed E-state index contributed by atoms with van der Waals surface area (Å²) in [5, 5.41) is 0. The average Bonchev–Trinajstić information content (AvgIpc) is 2.10. The summed E-state index contributed by atoms with van der Waals surface area (Å²) < 4.78 is 0. The van der Waals surface area contributed by atoms with Crippen molar-refractivity contribution in [3.8, 4) is 12.0 Å². The van der Waals surface area contributed by atoms with Crippen LogP contribution in [0.3, 0.4) is 0 Å². The largest absolute Gasteiger partial charge is 0.395 e. The molecule has 0 spiro atoms. The van der Waals surface area contributed by atoms with E-state index >= 15 is 0 Å². The van der Waals surface area contributed by atoms with E-state index < -0.39 is 0 Å². The van der Waals surface area contributed by atoms with Crippen molar-refractivity contribution < 1.29 is 4.79 Å². The summed E-state index contributed by atoms with van der Waals surface area (Å²) in [6, 6.07) is 2.20. The van der Waals surface area contributed by atoms with Gasteiger partial charge in [-0.25, -0.2) is 0 Å². The second-order valence-corrected chi connectivity index (χ2v) is 2.46. The van der Waals surface area contributed by atoms with Gasteiger partial charge < -0.3 is 17.2 Å². The highest BCUT2D eigenvalue weighted by Gasteiger charge is 2.13. The molecule has 0 aromatic carbocycles. The number of allylic oxidation sites excluding steroid dienone is 4. The molecule has 0 unspecified atom stereocenters. The Balaban J connectivity index is 3.04. The molecule has 0 radical (unpaired) electrons. The van der Waals surface area contributed by atoms with Crippen molar-refractivity contribution in [3.05, 3.63) is 35.2 Å². The quantitative estimate of drug-likeness (QED) is 0.328. The van der Waals surface area contributed by atoms with Crippen LogP contribution in [0.5, 0.6) is 0 Å². The number of carbonyl (C=O) groups excluding carboxylic acids is 1. The minimum atomic E-state index is -0.349. The van der Waals surface area contributed by atoms with Gasteiger partial charge in [0.1, 0.15) is 0 Å². The molecule has 6 N–H and O–H groups in total. The lowest BCUT2D eigenvalue weighted by molar-refractivity contribution is -0.112. The monoisotopic (exact) mass is 175 g/mol. The highest BCUT2D eigenvalue weighted by molar-refractivity contribution is 6.08. The van der Waals surface area contributed by atoms with Crippen LogP contribution in [0, 0.1) is 12.0 Å². The molecule has 0 saturated carbocycles. The van der Waals surface area contributed by atoms with Crippen molar-refractivity contribution >= 4 is 5.78 Å². The Morgan fingerprint density at radius 3 is 2.23 bits per heavy atom. The summed E-state index contributed by atoms with van der Waals surface area (Å²) in [4.78, 5) is 11.1. The van der Waals surface area contributed by atoms with E-state index in [-0.39, 0.29) is 17.2 Å². The fraction of sp³-hybridized carbons (Fsp3) is 0. The maximum atomic E-state index is 11.1. The molecule has 0 aliphatic heterocycles. The zero-order valence-corrected chi connectivity index (χ0v) is 6.87. The SMILES string of the molecule is NC#CC=C1C=C(N)C(=O)C(N)=C1.